The van der Waals surface area contributed by atoms with Crippen molar-refractivity contribution in [2.24, 2.45) is 0 Å². The van der Waals surface area contributed by atoms with Gasteiger partial charge in [0.1, 0.15) is 13.2 Å². The first-order valence-electron chi connectivity index (χ1n) is 9.97. The lowest BCUT2D eigenvalue weighted by molar-refractivity contribution is -0.905. The van der Waals surface area contributed by atoms with E-state index in [1.807, 2.05) is 60.7 Å². The highest BCUT2D eigenvalue weighted by molar-refractivity contribution is 5.80. The average Bonchev–Trinajstić information content (AvgIpc) is 2.70. The van der Waals surface area contributed by atoms with Gasteiger partial charge < -0.3 is 14.7 Å². The molecule has 1 aliphatic rings. The highest BCUT2D eigenvalue weighted by Crippen LogP contribution is 2.21. The molecule has 0 amide bonds. The third-order valence-electron chi connectivity index (χ3n) is 5.31. The van der Waals surface area contributed by atoms with E-state index in [1.165, 1.54) is 24.2 Å². The monoisotopic (exact) mass is 368 g/mol. The molecule has 1 aliphatic heterocycles. The molecule has 3 rings (SSSR count). The molecule has 1 fully saturated rings. The molecule has 4 nitrogen and oxygen atoms in total. The zero-order chi connectivity index (χ0) is 19.0. The third-order valence-corrected chi connectivity index (χ3v) is 5.31. The van der Waals surface area contributed by atoms with Crippen LogP contribution in [0.5, 0.6) is 0 Å². The lowest BCUT2D eigenvalue weighted by atomic mass is 9.88. The van der Waals surface area contributed by atoms with Gasteiger partial charge in [-0.3, -0.25) is 0 Å². The van der Waals surface area contributed by atoms with Crippen molar-refractivity contribution in [3.05, 3.63) is 71.8 Å². The van der Waals surface area contributed by atoms with Crippen molar-refractivity contribution in [1.82, 2.24) is 0 Å². The molecule has 2 aromatic carbocycles. The number of rotatable bonds is 8. The van der Waals surface area contributed by atoms with Crippen molar-refractivity contribution in [3.8, 4) is 0 Å². The van der Waals surface area contributed by atoms with Gasteiger partial charge in [-0.05, 0) is 30.4 Å². The number of piperidine rings is 1. The number of hydrogen-bond donors (Lipinski definition) is 2. The molecule has 144 valence electrons. The molecule has 4 heteroatoms. The van der Waals surface area contributed by atoms with Gasteiger partial charge in [-0.1, -0.05) is 60.7 Å². The Balaban J connectivity index is 1.65. The molecule has 27 heavy (non-hydrogen) atoms. The summed E-state index contributed by atoms with van der Waals surface area (Å²) >= 11 is 0. The Hall–Kier alpha value is -2.17. The van der Waals surface area contributed by atoms with E-state index in [0.29, 0.717) is 6.61 Å². The van der Waals surface area contributed by atoms with Crippen LogP contribution in [0.25, 0.3) is 0 Å². The molecule has 0 unspecified atom stereocenters. The maximum absolute atomic E-state index is 12.8. The number of aliphatic hydroxyl groups is 1. The number of esters is 1. The summed E-state index contributed by atoms with van der Waals surface area (Å²) in [6.45, 7) is 3.48. The average molecular weight is 368 g/mol. The quantitative estimate of drug-likeness (QED) is 0.699. The summed E-state index contributed by atoms with van der Waals surface area (Å²) in [5, 5.41) is 11.2. The van der Waals surface area contributed by atoms with Crippen LogP contribution < -0.4 is 4.90 Å². The molecule has 0 aromatic heterocycles. The fraction of sp³-hybridized carbons (Fsp3) is 0.435. The van der Waals surface area contributed by atoms with Gasteiger partial charge in [0, 0.05) is 12.8 Å². The Morgan fingerprint density at radius 2 is 1.41 bits per heavy atom. The minimum Gasteiger partial charge on any atom is -0.458 e. The largest absolute Gasteiger partial charge is 0.458 e. The Labute approximate surface area is 161 Å². The number of quaternary nitrogens is 1. The van der Waals surface area contributed by atoms with E-state index in [0.717, 1.165) is 30.8 Å². The summed E-state index contributed by atoms with van der Waals surface area (Å²) in [7, 11) is 0. The zero-order valence-corrected chi connectivity index (χ0v) is 15.9. The van der Waals surface area contributed by atoms with E-state index in [1.54, 1.807) is 0 Å². The lowest BCUT2D eigenvalue weighted by Crippen LogP contribution is -3.13. The molecule has 1 heterocycles. The number of ether oxygens (including phenoxy) is 1. The zero-order valence-electron chi connectivity index (χ0n) is 15.9. The summed E-state index contributed by atoms with van der Waals surface area (Å²) < 4.78 is 5.54. The highest BCUT2D eigenvalue weighted by Gasteiger charge is 2.38. The maximum Gasteiger partial charge on any atom is 0.339 e. The first kappa shape index (κ1) is 19.6. The molecule has 2 N–H and O–H groups in total. The van der Waals surface area contributed by atoms with Crippen LogP contribution in [0.1, 0.15) is 30.4 Å². The molecular weight excluding hydrogens is 338 g/mol. The molecule has 0 radical (unpaired) electrons. The molecule has 0 saturated carbocycles. The summed E-state index contributed by atoms with van der Waals surface area (Å²) in [6.07, 6.45) is 4.29. The summed E-state index contributed by atoms with van der Waals surface area (Å²) in [5.74, 6) is -0.522. The fourth-order valence-electron chi connectivity index (χ4n) is 3.80. The predicted octanol–water partition coefficient (Wildman–Crippen LogP) is 1.81. The molecule has 1 saturated heterocycles. The second-order valence-corrected chi connectivity index (χ2v) is 7.55. The molecule has 0 atom stereocenters. The number of hydrogen-bond acceptors (Lipinski definition) is 3. The SMILES string of the molecule is O=C(OCC[NH+]1CCCCC1)C(O)(Cc1ccccc1)Cc1ccccc1. The number of benzene rings is 2. The summed E-state index contributed by atoms with van der Waals surface area (Å²) in [4.78, 5) is 14.3. The Morgan fingerprint density at radius 3 is 1.93 bits per heavy atom. The molecule has 0 aliphatic carbocycles. The normalized spacial score (nSPS) is 15.4. The minimum absolute atomic E-state index is 0.248. The van der Waals surface area contributed by atoms with Crippen molar-refractivity contribution in [1.29, 1.82) is 0 Å². The first-order chi connectivity index (χ1) is 13.2. The fourth-order valence-corrected chi connectivity index (χ4v) is 3.80. The third kappa shape index (κ3) is 5.91. The summed E-state index contributed by atoms with van der Waals surface area (Å²) in [5.41, 5.74) is 0.295. The molecule has 2 aromatic rings. The van der Waals surface area contributed by atoms with Crippen LogP contribution in [0, 0.1) is 0 Å². The van der Waals surface area contributed by atoms with Crippen LogP contribution >= 0.6 is 0 Å². The van der Waals surface area contributed by atoms with Crippen LogP contribution in [0.2, 0.25) is 0 Å². The standard InChI is InChI=1S/C23H29NO3/c25-22(27-17-16-24-14-8-3-9-15-24)23(26,18-20-10-4-1-5-11-20)19-21-12-6-2-7-13-21/h1-2,4-7,10-13,26H,3,8-9,14-19H2/p+1. The summed E-state index contributed by atoms with van der Waals surface area (Å²) in [6, 6.07) is 19.3. The van der Waals surface area contributed by atoms with Crippen LogP contribution in [-0.2, 0) is 22.4 Å². The van der Waals surface area contributed by atoms with Gasteiger partial charge in [0.25, 0.3) is 0 Å². The number of carbonyl (C=O) groups is 1. The van der Waals surface area contributed by atoms with Crippen molar-refractivity contribution in [3.63, 3.8) is 0 Å². The second-order valence-electron chi connectivity index (χ2n) is 7.55. The predicted molar refractivity (Wildman–Crippen MR) is 106 cm³/mol. The van der Waals surface area contributed by atoms with Gasteiger partial charge in [-0.15, -0.1) is 0 Å². The minimum atomic E-state index is -1.56. The van der Waals surface area contributed by atoms with Gasteiger partial charge in [0.15, 0.2) is 5.60 Å². The van der Waals surface area contributed by atoms with Gasteiger partial charge in [0.2, 0.25) is 0 Å². The van der Waals surface area contributed by atoms with E-state index in [4.69, 9.17) is 4.74 Å². The van der Waals surface area contributed by atoms with E-state index < -0.39 is 11.6 Å². The number of carbonyl (C=O) groups excluding carboxylic acids is 1. The van der Waals surface area contributed by atoms with E-state index in [2.05, 4.69) is 0 Å². The molecular formula is C23H30NO3+. The van der Waals surface area contributed by atoms with Crippen LogP contribution in [0.3, 0.4) is 0 Å². The smallest absolute Gasteiger partial charge is 0.339 e. The highest BCUT2D eigenvalue weighted by atomic mass is 16.5. The number of nitrogens with one attached hydrogen (secondary N) is 1. The maximum atomic E-state index is 12.8. The van der Waals surface area contributed by atoms with Crippen molar-refractivity contribution < 1.29 is 19.5 Å². The van der Waals surface area contributed by atoms with Crippen LogP contribution in [0.4, 0.5) is 0 Å². The Bertz CT molecular complexity index is 655. The lowest BCUT2D eigenvalue weighted by Gasteiger charge is -2.27. The van der Waals surface area contributed by atoms with E-state index >= 15 is 0 Å². The van der Waals surface area contributed by atoms with E-state index in [9.17, 15) is 9.90 Å². The first-order valence-corrected chi connectivity index (χ1v) is 9.97. The van der Waals surface area contributed by atoms with Crippen molar-refractivity contribution in [2.75, 3.05) is 26.2 Å². The topological polar surface area (TPSA) is 51.0 Å². The van der Waals surface area contributed by atoms with Gasteiger partial charge >= 0.3 is 5.97 Å². The van der Waals surface area contributed by atoms with Gasteiger partial charge in [-0.25, -0.2) is 4.79 Å². The van der Waals surface area contributed by atoms with Crippen molar-refractivity contribution in [2.45, 2.75) is 37.7 Å². The van der Waals surface area contributed by atoms with Crippen LogP contribution in [0.15, 0.2) is 60.7 Å². The van der Waals surface area contributed by atoms with Gasteiger partial charge in [-0.2, -0.15) is 0 Å². The number of likely N-dealkylation sites (tertiary alicyclic amines) is 1. The molecule has 0 spiro atoms. The van der Waals surface area contributed by atoms with E-state index in [-0.39, 0.29) is 12.8 Å². The Morgan fingerprint density at radius 1 is 0.889 bits per heavy atom. The Kier molecular flexibility index (Phi) is 7.02. The van der Waals surface area contributed by atoms with Crippen LogP contribution in [-0.4, -0.2) is 42.9 Å². The molecule has 0 bridgehead atoms. The second kappa shape index (κ2) is 9.67. The van der Waals surface area contributed by atoms with Crippen molar-refractivity contribution >= 4 is 5.97 Å². The van der Waals surface area contributed by atoms with Gasteiger partial charge in [0.05, 0.1) is 13.1 Å².